The van der Waals surface area contributed by atoms with E-state index in [0.29, 0.717) is 11.5 Å². The molecule has 0 fully saturated rings. The first-order valence-electron chi connectivity index (χ1n) is 6.67. The molecule has 3 N–H and O–H groups in total. The molecule has 0 aliphatic rings. The minimum absolute atomic E-state index is 0.618. The zero-order chi connectivity index (χ0) is 14.5. The predicted molar refractivity (Wildman–Crippen MR) is 89.6 cm³/mol. The average Bonchev–Trinajstić information content (AvgIpc) is 2.45. The highest BCUT2D eigenvalue weighted by atomic mass is 79.9. The van der Waals surface area contributed by atoms with Crippen molar-refractivity contribution >= 4 is 38.8 Å². The zero-order valence-electron chi connectivity index (χ0n) is 11.7. The number of benzene rings is 1. The first-order valence-corrected chi connectivity index (χ1v) is 7.46. The van der Waals surface area contributed by atoms with Gasteiger partial charge in [-0.3, -0.25) is 0 Å². The number of nitrogens with two attached hydrogens (primary N) is 1. The minimum atomic E-state index is 0.618. The molecule has 0 bridgehead atoms. The first kappa shape index (κ1) is 14.7. The second kappa shape index (κ2) is 6.61. The van der Waals surface area contributed by atoms with E-state index >= 15 is 0 Å². The number of nitrogens with zero attached hydrogens (tertiary/aromatic N) is 2. The number of hydrogen-bond acceptors (Lipinski definition) is 4. The molecule has 0 aliphatic heterocycles. The number of hydrogen-bond donors (Lipinski definition) is 2. The quantitative estimate of drug-likeness (QED) is 0.867. The third-order valence-corrected chi connectivity index (χ3v) is 3.58. The van der Waals surface area contributed by atoms with Gasteiger partial charge in [0, 0.05) is 35.1 Å². The van der Waals surface area contributed by atoms with E-state index in [0.717, 1.165) is 23.2 Å². The van der Waals surface area contributed by atoms with Crippen LogP contribution in [0.25, 0.3) is 0 Å². The van der Waals surface area contributed by atoms with E-state index in [1.54, 1.807) is 6.20 Å². The Hall–Kier alpha value is -1.75. The second-order valence-corrected chi connectivity index (χ2v) is 5.35. The van der Waals surface area contributed by atoms with Crippen LogP contribution < -0.4 is 16.0 Å². The van der Waals surface area contributed by atoms with E-state index in [1.165, 1.54) is 5.69 Å². The molecule has 5 heteroatoms. The number of anilines is 4. The number of rotatable bonds is 5. The molecule has 1 heterocycles. The van der Waals surface area contributed by atoms with Gasteiger partial charge in [-0.05, 0) is 60.1 Å². The Labute approximate surface area is 128 Å². The van der Waals surface area contributed by atoms with Crippen LogP contribution in [0.1, 0.15) is 13.8 Å². The fraction of sp³-hybridized carbons (Fsp3) is 0.267. The molecule has 0 saturated heterocycles. The molecule has 1 aromatic heterocycles. The molecule has 0 aliphatic carbocycles. The van der Waals surface area contributed by atoms with Crippen molar-refractivity contribution in [2.45, 2.75) is 13.8 Å². The molecule has 0 radical (unpaired) electrons. The van der Waals surface area contributed by atoms with Crippen LogP contribution in [0.2, 0.25) is 0 Å². The van der Waals surface area contributed by atoms with Crippen molar-refractivity contribution < 1.29 is 0 Å². The van der Waals surface area contributed by atoms with Gasteiger partial charge in [-0.25, -0.2) is 4.98 Å². The smallest absolute Gasteiger partial charge is 0.153 e. The lowest BCUT2D eigenvalue weighted by atomic mass is 10.2. The van der Waals surface area contributed by atoms with Crippen LogP contribution in [-0.4, -0.2) is 18.1 Å². The molecule has 4 nitrogen and oxygen atoms in total. The van der Waals surface area contributed by atoms with Crippen LogP contribution in [0, 0.1) is 0 Å². The minimum Gasteiger partial charge on any atom is -0.396 e. The van der Waals surface area contributed by atoms with Gasteiger partial charge in [-0.1, -0.05) is 0 Å². The topological polar surface area (TPSA) is 54.2 Å². The van der Waals surface area contributed by atoms with Crippen LogP contribution in [0.15, 0.2) is 41.0 Å². The maximum atomic E-state index is 5.93. The van der Waals surface area contributed by atoms with Crippen molar-refractivity contribution in [3.05, 3.63) is 41.0 Å². The molecule has 106 valence electrons. The van der Waals surface area contributed by atoms with Gasteiger partial charge in [0.1, 0.15) is 0 Å². The Bertz CT molecular complexity index is 565. The van der Waals surface area contributed by atoms with Crippen molar-refractivity contribution in [1.82, 2.24) is 4.98 Å². The Morgan fingerprint density at radius 1 is 1.20 bits per heavy atom. The lowest BCUT2D eigenvalue weighted by Gasteiger charge is -2.21. The molecule has 2 rings (SSSR count). The maximum absolute atomic E-state index is 5.93. The third kappa shape index (κ3) is 3.42. The molecular formula is C15H19BrN4. The molecule has 1 aromatic carbocycles. The predicted octanol–water partition coefficient (Wildman–Crippen LogP) is 4.02. The fourth-order valence-electron chi connectivity index (χ4n) is 2.04. The normalized spacial score (nSPS) is 10.3. The summed E-state index contributed by atoms with van der Waals surface area (Å²) in [6, 6.07) is 10.1. The molecule has 20 heavy (non-hydrogen) atoms. The summed E-state index contributed by atoms with van der Waals surface area (Å²) in [6.07, 6.45) is 1.73. The molecule has 0 unspecified atom stereocenters. The molecule has 2 aromatic rings. The number of pyridine rings is 1. The van der Waals surface area contributed by atoms with Gasteiger partial charge in [-0.15, -0.1) is 0 Å². The van der Waals surface area contributed by atoms with Gasteiger partial charge in [0.2, 0.25) is 0 Å². The summed E-state index contributed by atoms with van der Waals surface area (Å²) in [5.74, 6) is 0.670. The Balaban J connectivity index is 2.14. The second-order valence-electron chi connectivity index (χ2n) is 4.44. The van der Waals surface area contributed by atoms with E-state index in [1.807, 2.05) is 18.2 Å². The van der Waals surface area contributed by atoms with Gasteiger partial charge in [0.05, 0.1) is 5.69 Å². The Morgan fingerprint density at radius 2 is 1.85 bits per heavy atom. The third-order valence-electron chi connectivity index (χ3n) is 3.14. The van der Waals surface area contributed by atoms with Gasteiger partial charge in [-0.2, -0.15) is 0 Å². The van der Waals surface area contributed by atoms with Crippen molar-refractivity contribution in [3.8, 4) is 0 Å². The molecule has 0 amide bonds. The number of halogens is 1. The zero-order valence-corrected chi connectivity index (χ0v) is 13.3. The number of aromatic nitrogens is 1. The summed E-state index contributed by atoms with van der Waals surface area (Å²) in [4.78, 5) is 6.57. The van der Waals surface area contributed by atoms with Crippen LogP contribution >= 0.6 is 15.9 Å². The standard InChI is InChI=1S/C15H19BrN4/c1-3-20(4-2)13-7-5-12(6-8-13)19-15-14(17)9-11(16)10-18-15/h5-10H,3-4,17H2,1-2H3,(H,18,19). The fourth-order valence-corrected chi connectivity index (χ4v) is 2.39. The van der Waals surface area contributed by atoms with Gasteiger partial charge in [0.25, 0.3) is 0 Å². The lowest BCUT2D eigenvalue weighted by Crippen LogP contribution is -2.21. The summed E-state index contributed by atoms with van der Waals surface area (Å²) >= 11 is 3.35. The first-order chi connectivity index (χ1) is 9.63. The Kier molecular flexibility index (Phi) is 4.84. The number of nitrogen functional groups attached to an aromatic ring is 1. The van der Waals surface area contributed by atoms with Gasteiger partial charge < -0.3 is 16.0 Å². The summed E-state index contributed by atoms with van der Waals surface area (Å²) in [5, 5.41) is 3.23. The van der Waals surface area contributed by atoms with Crippen LogP contribution in [0.5, 0.6) is 0 Å². The highest BCUT2D eigenvalue weighted by Crippen LogP contribution is 2.25. The van der Waals surface area contributed by atoms with Crippen LogP contribution in [-0.2, 0) is 0 Å². The molecule has 0 saturated carbocycles. The molecule has 0 atom stereocenters. The SMILES string of the molecule is CCN(CC)c1ccc(Nc2ncc(Br)cc2N)cc1. The van der Waals surface area contributed by atoms with E-state index in [2.05, 4.69) is 57.1 Å². The van der Waals surface area contributed by atoms with Gasteiger partial charge in [0.15, 0.2) is 5.82 Å². The van der Waals surface area contributed by atoms with Crippen molar-refractivity contribution in [2.75, 3.05) is 29.0 Å². The maximum Gasteiger partial charge on any atom is 0.153 e. The van der Waals surface area contributed by atoms with E-state index in [-0.39, 0.29) is 0 Å². The van der Waals surface area contributed by atoms with E-state index in [9.17, 15) is 0 Å². The largest absolute Gasteiger partial charge is 0.396 e. The van der Waals surface area contributed by atoms with E-state index < -0.39 is 0 Å². The highest BCUT2D eigenvalue weighted by Gasteiger charge is 2.04. The summed E-state index contributed by atoms with van der Waals surface area (Å²) in [6.45, 7) is 6.32. The van der Waals surface area contributed by atoms with Crippen molar-refractivity contribution in [3.63, 3.8) is 0 Å². The lowest BCUT2D eigenvalue weighted by molar-refractivity contribution is 0.866. The Morgan fingerprint density at radius 3 is 2.40 bits per heavy atom. The van der Waals surface area contributed by atoms with Gasteiger partial charge >= 0.3 is 0 Å². The summed E-state index contributed by atoms with van der Waals surface area (Å²) in [7, 11) is 0. The van der Waals surface area contributed by atoms with Crippen molar-refractivity contribution in [1.29, 1.82) is 0 Å². The monoisotopic (exact) mass is 334 g/mol. The summed E-state index contributed by atoms with van der Waals surface area (Å²) < 4.78 is 0.873. The van der Waals surface area contributed by atoms with Crippen LogP contribution in [0.4, 0.5) is 22.9 Å². The van der Waals surface area contributed by atoms with E-state index in [4.69, 9.17) is 5.73 Å². The highest BCUT2D eigenvalue weighted by molar-refractivity contribution is 9.10. The van der Waals surface area contributed by atoms with Crippen molar-refractivity contribution in [2.24, 2.45) is 0 Å². The van der Waals surface area contributed by atoms with Crippen LogP contribution in [0.3, 0.4) is 0 Å². The average molecular weight is 335 g/mol. The molecular weight excluding hydrogens is 316 g/mol. The summed E-state index contributed by atoms with van der Waals surface area (Å²) in [5.41, 5.74) is 8.74. The molecule has 0 spiro atoms. The number of nitrogens with one attached hydrogen (secondary N) is 1.